The van der Waals surface area contributed by atoms with Gasteiger partial charge in [-0.3, -0.25) is 4.79 Å². The maximum atomic E-state index is 11.8. The molecule has 0 aromatic carbocycles. The van der Waals surface area contributed by atoms with E-state index in [1.807, 2.05) is 18.7 Å². The summed E-state index contributed by atoms with van der Waals surface area (Å²) in [7, 11) is 1.84. The molecule has 1 aliphatic rings. The Kier molecular flexibility index (Phi) is 5.50. The highest BCUT2D eigenvalue weighted by Gasteiger charge is 2.30. The number of hydrogen-bond donors (Lipinski definition) is 2. The van der Waals surface area contributed by atoms with Gasteiger partial charge in [-0.2, -0.15) is 4.68 Å². The lowest BCUT2D eigenvalue weighted by Gasteiger charge is -2.28. The third-order valence-electron chi connectivity index (χ3n) is 3.43. The van der Waals surface area contributed by atoms with Gasteiger partial charge in [-0.25, -0.2) is 0 Å². The van der Waals surface area contributed by atoms with Crippen LogP contribution >= 0.6 is 23.6 Å². The van der Waals surface area contributed by atoms with Gasteiger partial charge in [0.25, 0.3) is 0 Å². The molecule has 0 amide bonds. The summed E-state index contributed by atoms with van der Waals surface area (Å²) in [4.78, 5) is 13.2. The van der Waals surface area contributed by atoms with Crippen molar-refractivity contribution in [1.82, 2.24) is 9.78 Å². The van der Waals surface area contributed by atoms with Crippen LogP contribution in [0.5, 0.6) is 0 Å². The molecule has 2 atom stereocenters. The van der Waals surface area contributed by atoms with Gasteiger partial charge in [0.2, 0.25) is 5.13 Å². The first-order valence-electron chi connectivity index (χ1n) is 6.90. The van der Waals surface area contributed by atoms with E-state index in [9.17, 15) is 4.79 Å². The summed E-state index contributed by atoms with van der Waals surface area (Å²) in [6.07, 6.45) is 1.96. The molecule has 0 aliphatic carbocycles. The number of rotatable bonds is 5. The third-order valence-corrected chi connectivity index (χ3v) is 4.76. The van der Waals surface area contributed by atoms with E-state index in [1.54, 1.807) is 0 Å². The fourth-order valence-electron chi connectivity index (χ4n) is 2.47. The van der Waals surface area contributed by atoms with Crippen LogP contribution in [0, 0.1) is 9.87 Å². The van der Waals surface area contributed by atoms with Crippen LogP contribution in [0.3, 0.4) is 0 Å². The maximum Gasteiger partial charge on any atom is 0.314 e. The molecule has 112 valence electrons. The van der Waals surface area contributed by atoms with Gasteiger partial charge < -0.3 is 15.0 Å². The number of quaternary nitrogens is 1. The minimum absolute atomic E-state index is 0.00952. The Balaban J connectivity index is 1.97. The lowest BCUT2D eigenvalue weighted by molar-refractivity contribution is -0.930. The van der Waals surface area contributed by atoms with Crippen molar-refractivity contribution in [2.45, 2.75) is 26.4 Å². The minimum Gasteiger partial charge on any atom is -0.466 e. The summed E-state index contributed by atoms with van der Waals surface area (Å²) in [5.41, 5.74) is 0. The van der Waals surface area contributed by atoms with E-state index in [4.69, 9.17) is 17.0 Å². The third kappa shape index (κ3) is 3.77. The van der Waals surface area contributed by atoms with E-state index in [0.29, 0.717) is 13.3 Å². The molecule has 2 N–H and O–H groups in total. The van der Waals surface area contributed by atoms with Crippen molar-refractivity contribution < 1.29 is 14.4 Å². The fraction of sp³-hybridized carbons (Fsp3) is 0.750. The van der Waals surface area contributed by atoms with E-state index >= 15 is 0 Å². The molecule has 1 aromatic rings. The molecule has 2 heterocycles. The summed E-state index contributed by atoms with van der Waals surface area (Å²) in [5.74, 6) is -0.0576. The average molecular weight is 317 g/mol. The maximum absolute atomic E-state index is 11.8. The number of carbonyl (C=O) groups excluding carboxylic acids is 1. The number of nitrogens with one attached hydrogen (secondary N) is 2. The molecule has 0 spiro atoms. The van der Waals surface area contributed by atoms with Gasteiger partial charge in [0.1, 0.15) is 5.92 Å². The molecular weight excluding hydrogens is 296 g/mol. The normalized spacial score (nSPS) is 22.5. The van der Waals surface area contributed by atoms with Crippen LogP contribution in [0.15, 0.2) is 0 Å². The zero-order valence-electron chi connectivity index (χ0n) is 11.8. The molecule has 8 heteroatoms. The quantitative estimate of drug-likeness (QED) is 0.613. The molecule has 1 fully saturated rings. The lowest BCUT2D eigenvalue weighted by atomic mass is 9.99. The molecule has 1 aromatic heterocycles. The van der Waals surface area contributed by atoms with E-state index in [-0.39, 0.29) is 11.9 Å². The number of hydrogen-bond acceptors (Lipinski definition) is 6. The second-order valence-electron chi connectivity index (χ2n) is 4.88. The monoisotopic (exact) mass is 317 g/mol. The van der Waals surface area contributed by atoms with Crippen LogP contribution in [0.25, 0.3) is 0 Å². The predicted molar refractivity (Wildman–Crippen MR) is 80.5 cm³/mol. The highest BCUT2D eigenvalue weighted by atomic mass is 32.1. The van der Waals surface area contributed by atoms with Gasteiger partial charge in [0.05, 0.1) is 19.7 Å². The Labute approximate surface area is 127 Å². The van der Waals surface area contributed by atoms with Gasteiger partial charge in [-0.05, 0) is 32.0 Å². The highest BCUT2D eigenvalue weighted by Crippen LogP contribution is 2.13. The fourth-order valence-corrected chi connectivity index (χ4v) is 3.43. The summed E-state index contributed by atoms with van der Waals surface area (Å²) < 4.78 is 7.73. The lowest BCUT2D eigenvalue weighted by Crippen LogP contribution is -3.13. The van der Waals surface area contributed by atoms with Crippen LogP contribution in [-0.4, -0.2) is 42.5 Å². The highest BCUT2D eigenvalue weighted by molar-refractivity contribution is 7.73. The average Bonchev–Trinajstić information content (AvgIpc) is 2.80. The van der Waals surface area contributed by atoms with Crippen molar-refractivity contribution in [3.05, 3.63) is 3.95 Å². The number of anilines is 1. The second-order valence-corrected chi connectivity index (χ2v) is 6.50. The van der Waals surface area contributed by atoms with Gasteiger partial charge in [0, 0.05) is 7.05 Å². The Hall–Kier alpha value is -0.990. The van der Waals surface area contributed by atoms with Crippen molar-refractivity contribution >= 4 is 34.7 Å². The molecule has 1 saturated heterocycles. The molecule has 20 heavy (non-hydrogen) atoms. The molecule has 1 unspecified atom stereocenters. The van der Waals surface area contributed by atoms with Gasteiger partial charge in [-0.1, -0.05) is 11.3 Å². The van der Waals surface area contributed by atoms with E-state index in [0.717, 1.165) is 35.0 Å². The van der Waals surface area contributed by atoms with Crippen molar-refractivity contribution in [3.8, 4) is 0 Å². The smallest absolute Gasteiger partial charge is 0.314 e. The van der Waals surface area contributed by atoms with Gasteiger partial charge in [0.15, 0.2) is 10.6 Å². The number of esters is 1. The summed E-state index contributed by atoms with van der Waals surface area (Å²) in [6.45, 7) is 4.86. The van der Waals surface area contributed by atoms with E-state index in [2.05, 4.69) is 10.4 Å². The SMILES string of the molecule is CCOC(=O)[C@H]1CCC[NH+](Cn2nc(NC)sc2=S)C1. The van der Waals surface area contributed by atoms with Gasteiger partial charge >= 0.3 is 5.97 Å². The molecule has 1 aliphatic heterocycles. The van der Waals surface area contributed by atoms with Crippen molar-refractivity contribution in [2.24, 2.45) is 5.92 Å². The van der Waals surface area contributed by atoms with Gasteiger partial charge in [-0.15, -0.1) is 5.10 Å². The summed E-state index contributed by atoms with van der Waals surface area (Å²) in [6, 6.07) is 0. The van der Waals surface area contributed by atoms with Crippen molar-refractivity contribution in [3.63, 3.8) is 0 Å². The number of piperidine rings is 1. The Morgan fingerprint density at radius 3 is 3.15 bits per heavy atom. The topological polar surface area (TPSA) is 60.6 Å². The number of carbonyl (C=O) groups is 1. The van der Waals surface area contributed by atoms with Crippen LogP contribution in [-0.2, 0) is 16.2 Å². The standard InChI is InChI=1S/C12H20N4O2S2/c1-3-18-10(17)9-5-4-6-15(7-9)8-16-12(19)20-11(13-2)14-16/h9H,3-8H2,1-2H3,(H,13,14)/p+1/t9-/m0/s1. The molecule has 0 bridgehead atoms. The number of nitrogens with zero attached hydrogens (tertiary/aromatic N) is 2. The van der Waals surface area contributed by atoms with Crippen LogP contribution < -0.4 is 10.2 Å². The van der Waals surface area contributed by atoms with E-state index < -0.39 is 0 Å². The van der Waals surface area contributed by atoms with Crippen molar-refractivity contribution in [1.29, 1.82) is 0 Å². The summed E-state index contributed by atoms with van der Waals surface area (Å²) in [5, 5.41) is 8.24. The first-order valence-corrected chi connectivity index (χ1v) is 8.12. The molecule has 6 nitrogen and oxygen atoms in total. The number of aromatic nitrogens is 2. The molecule has 0 radical (unpaired) electrons. The largest absolute Gasteiger partial charge is 0.466 e. The Morgan fingerprint density at radius 1 is 1.70 bits per heavy atom. The van der Waals surface area contributed by atoms with Crippen LogP contribution in [0.4, 0.5) is 5.13 Å². The summed E-state index contributed by atoms with van der Waals surface area (Å²) >= 11 is 6.77. The zero-order chi connectivity index (χ0) is 14.5. The predicted octanol–water partition coefficient (Wildman–Crippen LogP) is 0.531. The van der Waals surface area contributed by atoms with E-state index in [1.165, 1.54) is 16.2 Å². The molecule has 0 saturated carbocycles. The van der Waals surface area contributed by atoms with Crippen molar-refractivity contribution in [2.75, 3.05) is 32.1 Å². The minimum atomic E-state index is -0.0671. The first-order chi connectivity index (χ1) is 9.63. The Morgan fingerprint density at radius 2 is 2.50 bits per heavy atom. The van der Waals surface area contributed by atoms with Crippen LogP contribution in [0.1, 0.15) is 19.8 Å². The number of likely N-dealkylation sites (tertiary alicyclic amines) is 1. The van der Waals surface area contributed by atoms with Crippen LogP contribution in [0.2, 0.25) is 0 Å². The zero-order valence-corrected chi connectivity index (χ0v) is 13.5. The second kappa shape index (κ2) is 7.14. The first kappa shape index (κ1) is 15.4. The molecular formula is C12H21N4O2S2+. The number of ether oxygens (including phenoxy) is 1. The Bertz CT molecular complexity index is 514. The molecule has 2 rings (SSSR count).